The van der Waals surface area contributed by atoms with Crippen molar-refractivity contribution < 1.29 is 9.59 Å². The molecule has 0 unspecified atom stereocenters. The van der Waals surface area contributed by atoms with Gasteiger partial charge >= 0.3 is 6.03 Å². The first kappa shape index (κ1) is 16.8. The highest BCUT2D eigenvalue weighted by molar-refractivity contribution is 6.30. The minimum atomic E-state index is -0.424. The van der Waals surface area contributed by atoms with Crippen LogP contribution in [0, 0.1) is 6.92 Å². The zero-order chi connectivity index (χ0) is 16.7. The maximum atomic E-state index is 11.7. The van der Waals surface area contributed by atoms with E-state index in [0.29, 0.717) is 17.4 Å². The van der Waals surface area contributed by atoms with Crippen LogP contribution in [0.3, 0.4) is 0 Å². The monoisotopic (exact) mass is 332 g/mol. The molecule has 0 fully saturated rings. The highest BCUT2D eigenvalue weighted by Gasteiger charge is 2.06. The Hall–Kier alpha value is -2.60. The number of anilines is 1. The Morgan fingerprint density at radius 1 is 1.13 bits per heavy atom. The lowest BCUT2D eigenvalue weighted by molar-refractivity contribution is -0.115. The summed E-state index contributed by atoms with van der Waals surface area (Å²) in [6, 6.07) is 10.3. The number of hydrogen-bond donors (Lipinski definition) is 3. The molecule has 0 aliphatic heterocycles. The molecule has 1 heterocycles. The molecular formula is C16H17ClN4O2. The fourth-order valence-electron chi connectivity index (χ4n) is 1.80. The lowest BCUT2D eigenvalue weighted by Gasteiger charge is -2.08. The van der Waals surface area contributed by atoms with E-state index in [1.807, 2.05) is 25.1 Å². The summed E-state index contributed by atoms with van der Waals surface area (Å²) in [4.78, 5) is 27.4. The highest BCUT2D eigenvalue weighted by atomic mass is 35.5. The molecule has 1 aromatic heterocycles. The summed E-state index contributed by atoms with van der Waals surface area (Å²) in [7, 11) is 0. The van der Waals surface area contributed by atoms with Crippen molar-refractivity contribution in [1.82, 2.24) is 15.6 Å². The Bertz CT molecular complexity index is 689. The van der Waals surface area contributed by atoms with Crippen LogP contribution in [0.2, 0.25) is 5.02 Å². The van der Waals surface area contributed by atoms with E-state index < -0.39 is 6.03 Å². The summed E-state index contributed by atoms with van der Waals surface area (Å²) in [6.07, 6.45) is 1.61. The molecule has 0 radical (unpaired) electrons. The minimum absolute atomic E-state index is 0.137. The van der Waals surface area contributed by atoms with E-state index in [9.17, 15) is 9.59 Å². The van der Waals surface area contributed by atoms with Crippen LogP contribution in [-0.4, -0.2) is 23.5 Å². The molecule has 3 N–H and O–H groups in total. The van der Waals surface area contributed by atoms with Gasteiger partial charge in [-0.05, 0) is 42.3 Å². The number of hydrogen-bond acceptors (Lipinski definition) is 3. The number of amides is 3. The molecule has 0 atom stereocenters. The lowest BCUT2D eigenvalue weighted by Crippen LogP contribution is -2.39. The average Bonchev–Trinajstić information content (AvgIpc) is 2.52. The van der Waals surface area contributed by atoms with Crippen molar-refractivity contribution in [3.8, 4) is 0 Å². The Morgan fingerprint density at radius 2 is 1.87 bits per heavy atom. The third-order valence-corrected chi connectivity index (χ3v) is 3.21. The van der Waals surface area contributed by atoms with Crippen LogP contribution in [0.25, 0.3) is 0 Å². The first-order valence-electron chi connectivity index (χ1n) is 7.01. The summed E-state index contributed by atoms with van der Waals surface area (Å²) < 4.78 is 0. The normalized spacial score (nSPS) is 10.0. The van der Waals surface area contributed by atoms with Gasteiger partial charge in [0.25, 0.3) is 0 Å². The van der Waals surface area contributed by atoms with Crippen molar-refractivity contribution in [2.45, 2.75) is 13.5 Å². The fourth-order valence-corrected chi connectivity index (χ4v) is 1.93. The molecule has 2 rings (SSSR count). The Balaban J connectivity index is 1.71. The molecule has 0 aliphatic carbocycles. The summed E-state index contributed by atoms with van der Waals surface area (Å²) in [6.45, 7) is 2.12. The van der Waals surface area contributed by atoms with E-state index >= 15 is 0 Å². The number of rotatable bonds is 5. The van der Waals surface area contributed by atoms with Crippen molar-refractivity contribution in [3.63, 3.8) is 0 Å². The number of nitrogens with zero attached hydrogens (tertiary/aromatic N) is 1. The largest absolute Gasteiger partial charge is 0.334 e. The van der Waals surface area contributed by atoms with E-state index in [-0.39, 0.29) is 12.5 Å². The van der Waals surface area contributed by atoms with Gasteiger partial charge in [0.1, 0.15) is 5.82 Å². The van der Waals surface area contributed by atoms with E-state index in [4.69, 9.17) is 11.6 Å². The smallest absolute Gasteiger partial charge is 0.315 e. The first-order chi connectivity index (χ1) is 11.0. The third-order valence-electron chi connectivity index (χ3n) is 2.96. The quantitative estimate of drug-likeness (QED) is 0.786. The number of benzene rings is 1. The summed E-state index contributed by atoms with van der Waals surface area (Å²) in [5, 5.41) is 8.39. The van der Waals surface area contributed by atoms with Gasteiger partial charge < -0.3 is 16.0 Å². The van der Waals surface area contributed by atoms with E-state index in [0.717, 1.165) is 11.1 Å². The molecule has 23 heavy (non-hydrogen) atoms. The second kappa shape index (κ2) is 8.14. The number of pyridine rings is 1. The molecule has 0 saturated carbocycles. The maximum absolute atomic E-state index is 11.7. The van der Waals surface area contributed by atoms with Crippen LogP contribution < -0.4 is 16.0 Å². The molecule has 0 aliphatic rings. The Morgan fingerprint density at radius 3 is 2.57 bits per heavy atom. The predicted molar refractivity (Wildman–Crippen MR) is 89.3 cm³/mol. The van der Waals surface area contributed by atoms with E-state index in [1.165, 1.54) is 0 Å². The lowest BCUT2D eigenvalue weighted by atomic mass is 10.2. The van der Waals surface area contributed by atoms with Crippen molar-refractivity contribution in [1.29, 1.82) is 0 Å². The van der Waals surface area contributed by atoms with Crippen LogP contribution >= 0.6 is 11.6 Å². The number of nitrogens with one attached hydrogen (secondary N) is 3. The van der Waals surface area contributed by atoms with Gasteiger partial charge in [0.05, 0.1) is 6.54 Å². The average molecular weight is 333 g/mol. The predicted octanol–water partition coefficient (Wildman–Crippen LogP) is 2.48. The second-order valence-corrected chi connectivity index (χ2v) is 5.37. The molecule has 0 saturated heterocycles. The zero-order valence-electron chi connectivity index (χ0n) is 12.6. The van der Waals surface area contributed by atoms with Gasteiger partial charge in [0, 0.05) is 17.8 Å². The van der Waals surface area contributed by atoms with Crippen LogP contribution in [-0.2, 0) is 11.3 Å². The number of carbonyl (C=O) groups is 2. The van der Waals surface area contributed by atoms with Crippen LogP contribution in [0.15, 0.2) is 42.6 Å². The van der Waals surface area contributed by atoms with Crippen molar-refractivity contribution in [2.75, 3.05) is 11.9 Å². The molecule has 1 aromatic carbocycles. The number of halogens is 1. The Kier molecular flexibility index (Phi) is 5.94. The second-order valence-electron chi connectivity index (χ2n) is 4.93. The maximum Gasteiger partial charge on any atom is 0.315 e. The van der Waals surface area contributed by atoms with Gasteiger partial charge in [-0.1, -0.05) is 23.7 Å². The van der Waals surface area contributed by atoms with Gasteiger partial charge in [0.2, 0.25) is 5.91 Å². The number of aryl methyl sites for hydroxylation is 1. The zero-order valence-corrected chi connectivity index (χ0v) is 13.4. The molecular weight excluding hydrogens is 316 g/mol. The van der Waals surface area contributed by atoms with Crippen LogP contribution in [0.5, 0.6) is 0 Å². The number of carbonyl (C=O) groups excluding carboxylic acids is 2. The van der Waals surface area contributed by atoms with Crippen LogP contribution in [0.1, 0.15) is 11.1 Å². The summed E-state index contributed by atoms with van der Waals surface area (Å²) >= 11 is 5.79. The standard InChI is InChI=1S/C16H17ClN4O2/c1-11-6-7-18-14(8-11)21-15(22)10-20-16(23)19-9-12-2-4-13(17)5-3-12/h2-8H,9-10H2,1H3,(H,18,21,22)(H2,19,20,23). The minimum Gasteiger partial charge on any atom is -0.334 e. The summed E-state index contributed by atoms with van der Waals surface area (Å²) in [5.74, 6) is 0.114. The molecule has 3 amide bonds. The first-order valence-corrected chi connectivity index (χ1v) is 7.39. The fraction of sp³-hybridized carbons (Fsp3) is 0.188. The molecule has 120 valence electrons. The third kappa shape index (κ3) is 5.96. The van der Waals surface area contributed by atoms with Crippen molar-refractivity contribution in [2.24, 2.45) is 0 Å². The molecule has 0 spiro atoms. The van der Waals surface area contributed by atoms with E-state index in [2.05, 4.69) is 20.9 Å². The van der Waals surface area contributed by atoms with Gasteiger partial charge in [-0.15, -0.1) is 0 Å². The highest BCUT2D eigenvalue weighted by Crippen LogP contribution is 2.09. The topological polar surface area (TPSA) is 83.1 Å². The summed E-state index contributed by atoms with van der Waals surface area (Å²) in [5.41, 5.74) is 1.90. The molecule has 7 heteroatoms. The van der Waals surface area contributed by atoms with Gasteiger partial charge in [-0.2, -0.15) is 0 Å². The van der Waals surface area contributed by atoms with Crippen molar-refractivity contribution in [3.05, 3.63) is 58.7 Å². The van der Waals surface area contributed by atoms with E-state index in [1.54, 1.807) is 24.4 Å². The van der Waals surface area contributed by atoms with Gasteiger partial charge in [-0.3, -0.25) is 4.79 Å². The van der Waals surface area contributed by atoms with Crippen LogP contribution in [0.4, 0.5) is 10.6 Å². The molecule has 2 aromatic rings. The van der Waals surface area contributed by atoms with Gasteiger partial charge in [0.15, 0.2) is 0 Å². The SMILES string of the molecule is Cc1ccnc(NC(=O)CNC(=O)NCc2ccc(Cl)cc2)c1. The van der Waals surface area contributed by atoms with Gasteiger partial charge in [-0.25, -0.2) is 9.78 Å². The number of urea groups is 1. The molecule has 0 bridgehead atoms. The molecule has 6 nitrogen and oxygen atoms in total. The number of aromatic nitrogens is 1. The Labute approximate surface area is 139 Å². The van der Waals surface area contributed by atoms with Crippen molar-refractivity contribution >= 4 is 29.4 Å².